The van der Waals surface area contributed by atoms with Gasteiger partial charge in [-0.2, -0.15) is 0 Å². The van der Waals surface area contributed by atoms with Crippen LogP contribution in [0.1, 0.15) is 20.8 Å². The van der Waals surface area contributed by atoms with E-state index in [-0.39, 0.29) is 13.2 Å². The average Bonchev–Trinajstić information content (AvgIpc) is 2.33. The van der Waals surface area contributed by atoms with Gasteiger partial charge in [-0.3, -0.25) is 0 Å². The molecule has 0 bridgehead atoms. The van der Waals surface area contributed by atoms with Gasteiger partial charge in [0, 0.05) is 6.07 Å². The van der Waals surface area contributed by atoms with Crippen molar-refractivity contribution >= 4 is 6.09 Å². The Labute approximate surface area is 118 Å². The fraction of sp³-hybridized carbons (Fsp3) is 0.500. The van der Waals surface area contributed by atoms with Crippen LogP contribution >= 0.6 is 0 Å². The third-order valence-corrected chi connectivity index (χ3v) is 2.15. The van der Waals surface area contributed by atoms with Crippen molar-refractivity contribution in [3.05, 3.63) is 24.0 Å². The number of hydrogen-bond donors (Lipinski definition) is 1. The Morgan fingerprint density at radius 2 is 2.00 bits per heavy atom. The lowest BCUT2D eigenvalue weighted by Gasteiger charge is -2.19. The Balaban J connectivity index is 2.36. The quantitative estimate of drug-likeness (QED) is 0.845. The maximum Gasteiger partial charge on any atom is 0.407 e. The first-order chi connectivity index (χ1) is 9.31. The zero-order chi connectivity index (χ0) is 15.2. The van der Waals surface area contributed by atoms with Gasteiger partial charge in [0.25, 0.3) is 0 Å². The molecule has 0 saturated carbocycles. The summed E-state index contributed by atoms with van der Waals surface area (Å²) >= 11 is 0. The summed E-state index contributed by atoms with van der Waals surface area (Å²) in [6.45, 7) is 5.85. The number of benzene rings is 1. The molecule has 0 unspecified atom stereocenters. The molecule has 1 rings (SSSR count). The minimum atomic E-state index is -0.537. The van der Waals surface area contributed by atoms with Crippen LogP contribution in [0, 0.1) is 5.82 Å². The molecule has 0 aromatic heterocycles. The number of amides is 1. The molecule has 0 aliphatic carbocycles. The average molecular weight is 285 g/mol. The molecule has 0 aliphatic heterocycles. The summed E-state index contributed by atoms with van der Waals surface area (Å²) in [7, 11) is 1.43. The predicted octanol–water partition coefficient (Wildman–Crippen LogP) is 2.74. The Morgan fingerprint density at radius 3 is 2.60 bits per heavy atom. The summed E-state index contributed by atoms with van der Waals surface area (Å²) in [5.41, 5.74) is -0.537. The van der Waals surface area contributed by atoms with Gasteiger partial charge in [0.2, 0.25) is 0 Å². The molecule has 0 spiro atoms. The molecule has 1 aromatic rings. The lowest BCUT2D eigenvalue weighted by atomic mass is 10.2. The number of carbonyl (C=O) groups is 1. The number of ether oxygens (including phenoxy) is 3. The lowest BCUT2D eigenvalue weighted by Crippen LogP contribution is -2.34. The largest absolute Gasteiger partial charge is 0.493 e. The van der Waals surface area contributed by atoms with Gasteiger partial charge in [-0.15, -0.1) is 0 Å². The maximum atomic E-state index is 13.0. The van der Waals surface area contributed by atoms with Crippen LogP contribution in [-0.4, -0.2) is 32.0 Å². The number of alkyl carbamates (subject to hydrolysis) is 1. The van der Waals surface area contributed by atoms with Crippen molar-refractivity contribution < 1.29 is 23.4 Å². The maximum absolute atomic E-state index is 13.0. The van der Waals surface area contributed by atoms with E-state index in [0.29, 0.717) is 11.5 Å². The smallest absolute Gasteiger partial charge is 0.407 e. The molecule has 20 heavy (non-hydrogen) atoms. The van der Waals surface area contributed by atoms with E-state index in [9.17, 15) is 9.18 Å². The molecule has 1 aromatic carbocycles. The van der Waals surface area contributed by atoms with Crippen molar-refractivity contribution in [2.45, 2.75) is 26.4 Å². The van der Waals surface area contributed by atoms with Gasteiger partial charge >= 0.3 is 6.09 Å². The highest BCUT2D eigenvalue weighted by Gasteiger charge is 2.15. The van der Waals surface area contributed by atoms with E-state index >= 15 is 0 Å². The van der Waals surface area contributed by atoms with Gasteiger partial charge in [0.15, 0.2) is 11.5 Å². The molecule has 0 heterocycles. The van der Waals surface area contributed by atoms with E-state index in [1.165, 1.54) is 25.3 Å². The van der Waals surface area contributed by atoms with Gasteiger partial charge in [-0.05, 0) is 32.9 Å². The first-order valence-electron chi connectivity index (χ1n) is 6.25. The van der Waals surface area contributed by atoms with Crippen molar-refractivity contribution in [3.8, 4) is 11.5 Å². The molecular formula is C14H20FNO4. The third-order valence-electron chi connectivity index (χ3n) is 2.15. The summed E-state index contributed by atoms with van der Waals surface area (Å²) in [5, 5.41) is 2.56. The Morgan fingerprint density at radius 1 is 1.30 bits per heavy atom. The molecule has 5 nitrogen and oxygen atoms in total. The lowest BCUT2D eigenvalue weighted by molar-refractivity contribution is 0.0520. The van der Waals surface area contributed by atoms with E-state index in [1.807, 2.05) is 0 Å². The highest BCUT2D eigenvalue weighted by atomic mass is 19.1. The molecule has 1 amide bonds. The topological polar surface area (TPSA) is 56.8 Å². The van der Waals surface area contributed by atoms with E-state index < -0.39 is 17.5 Å². The van der Waals surface area contributed by atoms with Crippen molar-refractivity contribution in [1.82, 2.24) is 5.32 Å². The van der Waals surface area contributed by atoms with E-state index in [0.717, 1.165) is 0 Å². The van der Waals surface area contributed by atoms with Gasteiger partial charge in [0.05, 0.1) is 13.7 Å². The summed E-state index contributed by atoms with van der Waals surface area (Å²) in [5.74, 6) is 0.322. The van der Waals surface area contributed by atoms with Crippen molar-refractivity contribution in [2.75, 3.05) is 20.3 Å². The monoisotopic (exact) mass is 285 g/mol. The number of rotatable bonds is 5. The molecule has 0 radical (unpaired) electrons. The normalized spacial score (nSPS) is 10.8. The Bertz CT molecular complexity index is 457. The number of carbonyl (C=O) groups excluding carboxylic acids is 1. The van der Waals surface area contributed by atoms with Gasteiger partial charge in [-0.1, -0.05) is 0 Å². The summed E-state index contributed by atoms with van der Waals surface area (Å²) < 4.78 is 28.4. The van der Waals surface area contributed by atoms with Crippen LogP contribution in [0.15, 0.2) is 18.2 Å². The summed E-state index contributed by atoms with van der Waals surface area (Å²) in [6, 6.07) is 3.98. The zero-order valence-corrected chi connectivity index (χ0v) is 12.2. The molecule has 1 N–H and O–H groups in total. The Hall–Kier alpha value is -1.98. The van der Waals surface area contributed by atoms with Gasteiger partial charge in [-0.25, -0.2) is 9.18 Å². The summed E-state index contributed by atoms with van der Waals surface area (Å²) in [4.78, 5) is 11.4. The van der Waals surface area contributed by atoms with Crippen LogP contribution < -0.4 is 14.8 Å². The van der Waals surface area contributed by atoms with E-state index in [4.69, 9.17) is 14.2 Å². The molecule has 0 fully saturated rings. The number of halogens is 1. The molecule has 0 aliphatic rings. The van der Waals surface area contributed by atoms with Crippen LogP contribution in [0.25, 0.3) is 0 Å². The number of nitrogens with one attached hydrogen (secondary N) is 1. The number of methoxy groups -OCH3 is 1. The zero-order valence-electron chi connectivity index (χ0n) is 12.2. The van der Waals surface area contributed by atoms with Gasteiger partial charge < -0.3 is 19.5 Å². The van der Waals surface area contributed by atoms with Crippen LogP contribution in [0.5, 0.6) is 11.5 Å². The second kappa shape index (κ2) is 6.98. The molecule has 112 valence electrons. The molecule has 0 saturated heterocycles. The SMILES string of the molecule is COc1cc(F)ccc1OCCNC(=O)OC(C)(C)C. The second-order valence-electron chi connectivity index (χ2n) is 5.07. The van der Waals surface area contributed by atoms with Crippen LogP contribution in [0.2, 0.25) is 0 Å². The first-order valence-corrected chi connectivity index (χ1v) is 6.25. The highest BCUT2D eigenvalue weighted by Crippen LogP contribution is 2.27. The fourth-order valence-corrected chi connectivity index (χ4v) is 1.39. The molecular weight excluding hydrogens is 265 g/mol. The molecule has 0 atom stereocenters. The minimum absolute atomic E-state index is 0.223. The Kier molecular flexibility index (Phi) is 5.61. The van der Waals surface area contributed by atoms with Gasteiger partial charge in [0.1, 0.15) is 18.0 Å². The standard InChI is InChI=1S/C14H20FNO4/c1-14(2,3)20-13(17)16-7-8-19-11-6-5-10(15)9-12(11)18-4/h5-6,9H,7-8H2,1-4H3,(H,16,17). The van der Waals surface area contributed by atoms with Crippen molar-refractivity contribution in [3.63, 3.8) is 0 Å². The summed E-state index contributed by atoms with van der Waals surface area (Å²) in [6.07, 6.45) is -0.507. The van der Waals surface area contributed by atoms with Crippen LogP contribution in [0.3, 0.4) is 0 Å². The number of hydrogen-bond acceptors (Lipinski definition) is 4. The van der Waals surface area contributed by atoms with Crippen LogP contribution in [-0.2, 0) is 4.74 Å². The van der Waals surface area contributed by atoms with E-state index in [1.54, 1.807) is 20.8 Å². The van der Waals surface area contributed by atoms with Crippen LogP contribution in [0.4, 0.5) is 9.18 Å². The third kappa shape index (κ3) is 5.77. The molecule has 6 heteroatoms. The van der Waals surface area contributed by atoms with Crippen molar-refractivity contribution in [2.24, 2.45) is 0 Å². The fourth-order valence-electron chi connectivity index (χ4n) is 1.39. The minimum Gasteiger partial charge on any atom is -0.493 e. The van der Waals surface area contributed by atoms with E-state index in [2.05, 4.69) is 5.32 Å². The van der Waals surface area contributed by atoms with Crippen molar-refractivity contribution in [1.29, 1.82) is 0 Å². The second-order valence-corrected chi connectivity index (χ2v) is 5.07. The predicted molar refractivity (Wildman–Crippen MR) is 72.7 cm³/mol. The highest BCUT2D eigenvalue weighted by molar-refractivity contribution is 5.67. The first kappa shape index (κ1) is 16.1.